The molecule has 0 aliphatic heterocycles. The summed E-state index contributed by atoms with van der Waals surface area (Å²) in [6.45, 7) is 2.03. The van der Waals surface area contributed by atoms with Gasteiger partial charge in [-0.05, 0) is 42.3 Å². The molecule has 0 aliphatic carbocycles. The number of phenols is 2. The number of amides is 1. The van der Waals surface area contributed by atoms with Crippen molar-refractivity contribution in [3.05, 3.63) is 72.1 Å². The molecule has 0 saturated carbocycles. The Labute approximate surface area is 207 Å². The maximum atomic E-state index is 12.3. The van der Waals surface area contributed by atoms with Gasteiger partial charge in [-0.2, -0.15) is 0 Å². The Morgan fingerprint density at radius 1 is 0.944 bits per heavy atom. The van der Waals surface area contributed by atoms with Crippen LogP contribution < -0.4 is 10.5 Å². The number of Topliss-reactive ketones (excluding diaryl/α,β-unsaturated/α-hetero) is 1. The van der Waals surface area contributed by atoms with Crippen molar-refractivity contribution < 1.29 is 24.5 Å². The molecule has 1 amide bonds. The molecule has 1 aromatic heterocycles. The van der Waals surface area contributed by atoms with E-state index in [1.165, 1.54) is 17.7 Å². The Kier molecular flexibility index (Phi) is 7.00. The number of ether oxygens (including phenoxy) is 1. The van der Waals surface area contributed by atoms with Crippen LogP contribution in [0.5, 0.6) is 17.2 Å². The van der Waals surface area contributed by atoms with E-state index in [1.807, 2.05) is 6.92 Å². The van der Waals surface area contributed by atoms with Gasteiger partial charge < -0.3 is 20.7 Å². The Morgan fingerprint density at radius 3 is 2.22 bits per heavy atom. The van der Waals surface area contributed by atoms with E-state index < -0.39 is 5.91 Å². The van der Waals surface area contributed by atoms with Gasteiger partial charge in [0.1, 0.15) is 17.2 Å². The highest BCUT2D eigenvalue weighted by Crippen LogP contribution is 2.40. The Bertz CT molecular complexity index is 1410. The van der Waals surface area contributed by atoms with Crippen molar-refractivity contribution in [2.45, 2.75) is 26.2 Å². The van der Waals surface area contributed by atoms with Crippen LogP contribution in [0, 0.1) is 0 Å². The van der Waals surface area contributed by atoms with Gasteiger partial charge >= 0.3 is 0 Å². The van der Waals surface area contributed by atoms with E-state index in [0.717, 1.165) is 12.8 Å². The van der Waals surface area contributed by atoms with Crippen LogP contribution in [0.15, 0.2) is 60.7 Å². The van der Waals surface area contributed by atoms with E-state index in [9.17, 15) is 19.8 Å². The number of benzene rings is 3. The third kappa shape index (κ3) is 4.76. The Balaban J connectivity index is 1.80. The molecule has 0 bridgehead atoms. The molecular weight excluding hydrogens is 460 g/mol. The van der Waals surface area contributed by atoms with Crippen molar-refractivity contribution in [1.82, 2.24) is 14.8 Å². The minimum Gasteiger partial charge on any atom is -0.507 e. The molecular formula is C27H26N4O5. The number of aromatic hydroxyl groups is 2. The topological polar surface area (TPSA) is 141 Å². The van der Waals surface area contributed by atoms with Gasteiger partial charge in [0.25, 0.3) is 5.91 Å². The molecule has 4 aromatic rings. The number of hydrogen-bond donors (Lipinski definition) is 3. The summed E-state index contributed by atoms with van der Waals surface area (Å²) >= 11 is 0. The zero-order valence-corrected chi connectivity index (χ0v) is 19.9. The van der Waals surface area contributed by atoms with Crippen molar-refractivity contribution in [1.29, 1.82) is 0 Å². The number of carbonyl (C=O) groups is 2. The number of hydrogen-bond acceptors (Lipinski definition) is 7. The summed E-state index contributed by atoms with van der Waals surface area (Å²) in [5, 5.41) is 29.3. The van der Waals surface area contributed by atoms with E-state index in [0.29, 0.717) is 34.5 Å². The molecule has 9 heteroatoms. The quantitative estimate of drug-likeness (QED) is 0.296. The largest absolute Gasteiger partial charge is 0.507 e. The van der Waals surface area contributed by atoms with Crippen LogP contribution in [-0.2, 0) is 0 Å². The molecule has 3 aromatic carbocycles. The van der Waals surface area contributed by atoms with Crippen LogP contribution >= 0.6 is 0 Å². The third-order valence-electron chi connectivity index (χ3n) is 5.84. The van der Waals surface area contributed by atoms with Gasteiger partial charge in [-0.25, -0.2) is 0 Å². The van der Waals surface area contributed by atoms with Crippen LogP contribution in [0.25, 0.3) is 28.2 Å². The molecule has 0 saturated heterocycles. The standard InChI is InChI=1S/C27H26N4O5/c1-3-4-5-22(32)17-8-6-16(7-9-17)20-14-21(24(34)15-23(20)33)26-29-30-27(25(28)35)31(26)18-10-12-19(36-2)13-11-18/h6-15,33-34H,3-5H2,1-2H3,(H2,28,35). The average molecular weight is 487 g/mol. The van der Waals surface area contributed by atoms with Gasteiger partial charge in [0, 0.05) is 29.3 Å². The van der Waals surface area contributed by atoms with Crippen molar-refractivity contribution in [3.8, 4) is 45.5 Å². The number of primary amides is 1. The summed E-state index contributed by atoms with van der Waals surface area (Å²) in [6, 6.07) is 16.4. The molecule has 0 aliphatic rings. The molecule has 0 radical (unpaired) electrons. The number of nitrogens with zero attached hydrogens (tertiary/aromatic N) is 3. The number of nitrogens with two attached hydrogens (primary N) is 1. The number of rotatable bonds is 9. The van der Waals surface area contributed by atoms with Crippen LogP contribution in [0.1, 0.15) is 47.2 Å². The van der Waals surface area contributed by atoms with Gasteiger partial charge in [-0.3, -0.25) is 14.2 Å². The molecule has 0 spiro atoms. The van der Waals surface area contributed by atoms with Crippen molar-refractivity contribution >= 4 is 11.7 Å². The monoisotopic (exact) mass is 486 g/mol. The summed E-state index contributed by atoms with van der Waals surface area (Å²) in [7, 11) is 1.54. The van der Waals surface area contributed by atoms with E-state index in [-0.39, 0.29) is 34.5 Å². The first-order valence-corrected chi connectivity index (χ1v) is 11.4. The number of unbranched alkanes of at least 4 members (excludes halogenated alkanes) is 1. The van der Waals surface area contributed by atoms with Gasteiger partial charge in [0.15, 0.2) is 11.6 Å². The van der Waals surface area contributed by atoms with Gasteiger partial charge in [0.2, 0.25) is 5.82 Å². The van der Waals surface area contributed by atoms with Gasteiger partial charge in [-0.1, -0.05) is 37.6 Å². The lowest BCUT2D eigenvalue weighted by Crippen LogP contribution is -2.17. The van der Waals surface area contributed by atoms with Crippen LogP contribution in [0.2, 0.25) is 0 Å². The second kappa shape index (κ2) is 10.3. The predicted octanol–water partition coefficient (Wildman–Crippen LogP) is 4.49. The molecule has 0 atom stereocenters. The minimum atomic E-state index is -0.800. The fraction of sp³-hybridized carbons (Fsp3) is 0.185. The van der Waals surface area contributed by atoms with Crippen molar-refractivity contribution in [2.75, 3.05) is 7.11 Å². The Morgan fingerprint density at radius 2 is 1.61 bits per heavy atom. The Hall–Kier alpha value is -4.66. The highest BCUT2D eigenvalue weighted by Gasteiger charge is 2.23. The molecule has 0 fully saturated rings. The zero-order chi connectivity index (χ0) is 25.8. The minimum absolute atomic E-state index is 0.0607. The lowest BCUT2D eigenvalue weighted by Gasteiger charge is -2.13. The summed E-state index contributed by atoms with van der Waals surface area (Å²) in [4.78, 5) is 24.4. The normalized spacial score (nSPS) is 10.8. The van der Waals surface area contributed by atoms with E-state index in [4.69, 9.17) is 10.5 Å². The van der Waals surface area contributed by atoms with Crippen LogP contribution in [0.3, 0.4) is 0 Å². The van der Waals surface area contributed by atoms with E-state index >= 15 is 0 Å². The molecule has 1 heterocycles. The maximum absolute atomic E-state index is 12.3. The highest BCUT2D eigenvalue weighted by atomic mass is 16.5. The summed E-state index contributed by atoms with van der Waals surface area (Å²) in [5.41, 5.74) is 7.91. The second-order valence-electron chi connectivity index (χ2n) is 8.24. The first-order chi connectivity index (χ1) is 17.3. The highest BCUT2D eigenvalue weighted by molar-refractivity contribution is 5.96. The maximum Gasteiger partial charge on any atom is 0.287 e. The lowest BCUT2D eigenvalue weighted by molar-refractivity contribution is 0.0975. The van der Waals surface area contributed by atoms with E-state index in [1.54, 1.807) is 54.6 Å². The molecule has 0 unspecified atom stereocenters. The third-order valence-corrected chi connectivity index (χ3v) is 5.84. The zero-order valence-electron chi connectivity index (χ0n) is 19.9. The predicted molar refractivity (Wildman–Crippen MR) is 134 cm³/mol. The van der Waals surface area contributed by atoms with Gasteiger partial charge in [0.05, 0.1) is 12.7 Å². The average Bonchev–Trinajstić information content (AvgIpc) is 3.33. The van der Waals surface area contributed by atoms with Crippen LogP contribution in [-0.4, -0.2) is 43.8 Å². The smallest absolute Gasteiger partial charge is 0.287 e. The molecule has 4 N–H and O–H groups in total. The number of ketones is 1. The van der Waals surface area contributed by atoms with E-state index in [2.05, 4.69) is 10.2 Å². The van der Waals surface area contributed by atoms with Crippen LogP contribution in [0.4, 0.5) is 0 Å². The molecule has 36 heavy (non-hydrogen) atoms. The summed E-state index contributed by atoms with van der Waals surface area (Å²) in [6.07, 6.45) is 2.24. The SMILES string of the molecule is CCCCC(=O)c1ccc(-c2cc(-c3nnc(C(N)=O)n3-c3ccc(OC)cc3)c(O)cc2O)cc1. The number of carbonyl (C=O) groups excluding carboxylic acids is 2. The number of aromatic nitrogens is 3. The van der Waals surface area contributed by atoms with Crippen molar-refractivity contribution in [3.63, 3.8) is 0 Å². The molecule has 184 valence electrons. The fourth-order valence-electron chi connectivity index (χ4n) is 3.90. The first kappa shape index (κ1) is 24.5. The first-order valence-electron chi connectivity index (χ1n) is 11.4. The van der Waals surface area contributed by atoms with Crippen molar-refractivity contribution in [2.24, 2.45) is 5.73 Å². The summed E-state index contributed by atoms with van der Waals surface area (Å²) < 4.78 is 6.62. The molecule has 9 nitrogen and oxygen atoms in total. The van der Waals surface area contributed by atoms with Gasteiger partial charge in [-0.15, -0.1) is 10.2 Å². The number of methoxy groups -OCH3 is 1. The summed E-state index contributed by atoms with van der Waals surface area (Å²) in [5.74, 6) is -0.525. The molecule has 4 rings (SSSR count). The number of phenolic OH excluding ortho intramolecular Hbond substituents is 2. The lowest BCUT2D eigenvalue weighted by atomic mass is 9.98. The second-order valence-corrected chi connectivity index (χ2v) is 8.24. The fourth-order valence-corrected chi connectivity index (χ4v) is 3.90.